The predicted molar refractivity (Wildman–Crippen MR) is 85.2 cm³/mol. The summed E-state index contributed by atoms with van der Waals surface area (Å²) in [6.07, 6.45) is 3.55. The van der Waals surface area contributed by atoms with Crippen molar-refractivity contribution >= 4 is 17.0 Å². The first-order valence-electron chi connectivity index (χ1n) is 6.78. The first-order chi connectivity index (χ1) is 10.7. The standard InChI is InChI=1S/C15H16N4O2S/c1-9-14(10(2)21-19-9)11-6-12(15(20-3)18-7-11)17-8-13-16-4-5-22-13/h4-7,17H,8H2,1-3H3. The van der Waals surface area contributed by atoms with Crippen molar-refractivity contribution in [3.8, 4) is 17.0 Å². The molecule has 0 fully saturated rings. The minimum atomic E-state index is 0.548. The molecule has 7 heteroatoms. The number of hydrogen-bond donors (Lipinski definition) is 1. The van der Waals surface area contributed by atoms with Gasteiger partial charge in [0.25, 0.3) is 0 Å². The van der Waals surface area contributed by atoms with Gasteiger partial charge in [0.15, 0.2) is 0 Å². The van der Waals surface area contributed by atoms with Crippen LogP contribution >= 0.6 is 11.3 Å². The molecular weight excluding hydrogens is 300 g/mol. The van der Waals surface area contributed by atoms with Gasteiger partial charge in [0.05, 0.1) is 25.0 Å². The van der Waals surface area contributed by atoms with E-state index >= 15 is 0 Å². The lowest BCUT2D eigenvalue weighted by Gasteiger charge is -2.11. The van der Waals surface area contributed by atoms with Crippen molar-refractivity contribution < 1.29 is 9.26 Å². The van der Waals surface area contributed by atoms with Gasteiger partial charge in [-0.3, -0.25) is 0 Å². The summed E-state index contributed by atoms with van der Waals surface area (Å²) in [6.45, 7) is 4.43. The Hall–Kier alpha value is -2.41. The van der Waals surface area contributed by atoms with Crippen LogP contribution in [0.3, 0.4) is 0 Å². The van der Waals surface area contributed by atoms with E-state index in [2.05, 4.69) is 20.4 Å². The molecule has 0 unspecified atom stereocenters. The number of aryl methyl sites for hydroxylation is 2. The number of hydrogen-bond acceptors (Lipinski definition) is 7. The smallest absolute Gasteiger partial charge is 0.237 e. The second kappa shape index (κ2) is 6.15. The van der Waals surface area contributed by atoms with Crippen LogP contribution in [0.25, 0.3) is 11.1 Å². The first-order valence-corrected chi connectivity index (χ1v) is 7.66. The van der Waals surface area contributed by atoms with Crippen LogP contribution in [0.4, 0.5) is 5.69 Å². The summed E-state index contributed by atoms with van der Waals surface area (Å²) >= 11 is 1.60. The number of nitrogens with one attached hydrogen (secondary N) is 1. The molecule has 0 bridgehead atoms. The predicted octanol–water partition coefficient (Wildman–Crippen LogP) is 3.43. The van der Waals surface area contributed by atoms with Crippen molar-refractivity contribution in [3.63, 3.8) is 0 Å². The second-order valence-electron chi connectivity index (χ2n) is 4.76. The van der Waals surface area contributed by atoms with Crippen LogP contribution in [0, 0.1) is 13.8 Å². The first kappa shape index (κ1) is 14.5. The van der Waals surface area contributed by atoms with Crippen LogP contribution in [0.15, 0.2) is 28.4 Å². The molecule has 0 spiro atoms. The molecule has 3 heterocycles. The molecule has 0 aromatic carbocycles. The van der Waals surface area contributed by atoms with E-state index in [1.165, 1.54) is 0 Å². The third kappa shape index (κ3) is 2.80. The molecule has 0 saturated heterocycles. The summed E-state index contributed by atoms with van der Waals surface area (Å²) < 4.78 is 10.5. The highest BCUT2D eigenvalue weighted by atomic mass is 32.1. The molecule has 3 rings (SSSR count). The average molecular weight is 316 g/mol. The summed E-state index contributed by atoms with van der Waals surface area (Å²) in [5, 5.41) is 10.3. The van der Waals surface area contributed by atoms with Crippen LogP contribution in [0.1, 0.15) is 16.5 Å². The van der Waals surface area contributed by atoms with Gasteiger partial charge in [-0.1, -0.05) is 5.16 Å². The zero-order valence-corrected chi connectivity index (χ0v) is 13.4. The molecule has 0 saturated carbocycles. The second-order valence-corrected chi connectivity index (χ2v) is 5.74. The maximum Gasteiger partial charge on any atom is 0.237 e. The van der Waals surface area contributed by atoms with E-state index in [1.54, 1.807) is 30.8 Å². The zero-order chi connectivity index (χ0) is 15.5. The summed E-state index contributed by atoms with van der Waals surface area (Å²) in [6, 6.07) is 1.99. The number of aromatic nitrogens is 3. The highest BCUT2D eigenvalue weighted by Gasteiger charge is 2.14. The molecule has 0 aliphatic carbocycles. The Labute approximate surface area is 132 Å². The molecule has 0 atom stereocenters. The van der Waals surface area contributed by atoms with Crippen LogP contribution in [0.5, 0.6) is 5.88 Å². The largest absolute Gasteiger partial charge is 0.480 e. The number of anilines is 1. The summed E-state index contributed by atoms with van der Waals surface area (Å²) in [5.41, 5.74) is 3.57. The van der Waals surface area contributed by atoms with Crippen molar-refractivity contribution in [3.05, 3.63) is 40.3 Å². The maximum absolute atomic E-state index is 5.32. The Morgan fingerprint density at radius 3 is 2.82 bits per heavy atom. The number of methoxy groups -OCH3 is 1. The summed E-state index contributed by atoms with van der Waals surface area (Å²) in [7, 11) is 1.60. The van der Waals surface area contributed by atoms with E-state index in [0.717, 1.165) is 33.3 Å². The lowest BCUT2D eigenvalue weighted by Crippen LogP contribution is -2.02. The molecule has 1 N–H and O–H groups in total. The van der Waals surface area contributed by atoms with Gasteiger partial charge in [0.1, 0.15) is 10.8 Å². The lowest BCUT2D eigenvalue weighted by molar-refractivity contribution is 0.393. The quantitative estimate of drug-likeness (QED) is 0.777. The van der Waals surface area contributed by atoms with Gasteiger partial charge < -0.3 is 14.6 Å². The summed E-state index contributed by atoms with van der Waals surface area (Å²) in [5.74, 6) is 1.32. The Morgan fingerprint density at radius 1 is 1.32 bits per heavy atom. The van der Waals surface area contributed by atoms with Crippen molar-refractivity contribution in [1.82, 2.24) is 15.1 Å². The van der Waals surface area contributed by atoms with Crippen LogP contribution in [0.2, 0.25) is 0 Å². The van der Waals surface area contributed by atoms with Gasteiger partial charge in [-0.05, 0) is 19.9 Å². The van der Waals surface area contributed by atoms with E-state index < -0.39 is 0 Å². The molecular formula is C15H16N4O2S. The fraction of sp³-hybridized carbons (Fsp3) is 0.267. The van der Waals surface area contributed by atoms with Gasteiger partial charge >= 0.3 is 0 Å². The Bertz CT molecular complexity index is 748. The molecule has 0 amide bonds. The monoisotopic (exact) mass is 316 g/mol. The molecule has 0 aliphatic rings. The van der Waals surface area contributed by atoms with Crippen molar-refractivity contribution in [2.24, 2.45) is 0 Å². The Balaban J connectivity index is 1.92. The molecule has 114 valence electrons. The lowest BCUT2D eigenvalue weighted by atomic mass is 10.1. The molecule has 3 aromatic rings. The summed E-state index contributed by atoms with van der Waals surface area (Å²) in [4.78, 5) is 8.62. The van der Waals surface area contributed by atoms with E-state index in [1.807, 2.05) is 25.3 Å². The van der Waals surface area contributed by atoms with Gasteiger partial charge in [-0.25, -0.2) is 9.97 Å². The Kier molecular flexibility index (Phi) is 4.06. The number of pyridine rings is 1. The average Bonchev–Trinajstić information content (AvgIpc) is 3.15. The van der Waals surface area contributed by atoms with Crippen LogP contribution in [-0.2, 0) is 6.54 Å². The third-order valence-corrected chi connectivity index (χ3v) is 4.06. The molecule has 6 nitrogen and oxygen atoms in total. The minimum absolute atomic E-state index is 0.548. The molecule has 22 heavy (non-hydrogen) atoms. The SMILES string of the molecule is COc1ncc(-c2c(C)noc2C)cc1NCc1nccs1. The van der Waals surface area contributed by atoms with Crippen molar-refractivity contribution in [2.75, 3.05) is 12.4 Å². The number of ether oxygens (including phenoxy) is 1. The molecule has 3 aromatic heterocycles. The highest BCUT2D eigenvalue weighted by molar-refractivity contribution is 7.09. The highest BCUT2D eigenvalue weighted by Crippen LogP contribution is 2.32. The van der Waals surface area contributed by atoms with E-state index in [9.17, 15) is 0 Å². The van der Waals surface area contributed by atoms with Gasteiger partial charge in [0.2, 0.25) is 5.88 Å². The topological polar surface area (TPSA) is 73.1 Å². The maximum atomic E-state index is 5.32. The molecule has 0 radical (unpaired) electrons. The van der Waals surface area contributed by atoms with Gasteiger partial charge in [-0.15, -0.1) is 11.3 Å². The number of rotatable bonds is 5. The number of nitrogens with zero attached hydrogens (tertiary/aromatic N) is 3. The fourth-order valence-electron chi connectivity index (χ4n) is 2.28. The van der Waals surface area contributed by atoms with Crippen LogP contribution < -0.4 is 10.1 Å². The fourth-order valence-corrected chi connectivity index (χ4v) is 2.84. The molecule has 0 aliphatic heterocycles. The Morgan fingerprint density at radius 2 is 2.18 bits per heavy atom. The van der Waals surface area contributed by atoms with Crippen molar-refractivity contribution in [2.45, 2.75) is 20.4 Å². The number of thiazole rings is 1. The zero-order valence-electron chi connectivity index (χ0n) is 12.6. The van der Waals surface area contributed by atoms with E-state index in [-0.39, 0.29) is 0 Å². The normalized spacial score (nSPS) is 10.7. The van der Waals surface area contributed by atoms with Crippen molar-refractivity contribution in [1.29, 1.82) is 0 Å². The van der Waals surface area contributed by atoms with Gasteiger partial charge in [0, 0.05) is 28.9 Å². The van der Waals surface area contributed by atoms with Gasteiger partial charge in [-0.2, -0.15) is 0 Å². The van der Waals surface area contributed by atoms with Crippen LogP contribution in [-0.4, -0.2) is 22.2 Å². The third-order valence-electron chi connectivity index (χ3n) is 3.28. The minimum Gasteiger partial charge on any atom is -0.480 e. The van der Waals surface area contributed by atoms with E-state index in [4.69, 9.17) is 9.26 Å². The van der Waals surface area contributed by atoms with E-state index in [0.29, 0.717) is 12.4 Å².